The molecule has 2 N–H and O–H groups in total. The van der Waals surface area contributed by atoms with Gasteiger partial charge in [-0.3, -0.25) is 0 Å². The topological polar surface area (TPSA) is 47.6 Å². The fraction of sp³-hybridized carbons (Fsp3) is 0.364. The molecule has 0 aliphatic rings. The molecule has 3 nitrogen and oxygen atoms in total. The van der Waals surface area contributed by atoms with Gasteiger partial charge in [0.05, 0.1) is 5.84 Å². The summed E-state index contributed by atoms with van der Waals surface area (Å²) in [6.07, 6.45) is -3.43. The summed E-state index contributed by atoms with van der Waals surface area (Å²) in [4.78, 5) is 3.90. The third kappa shape index (κ3) is 4.76. The minimum absolute atomic E-state index is 0.0794. The Labute approximate surface area is 97.1 Å². The monoisotopic (exact) mass is 246 g/mol. The summed E-state index contributed by atoms with van der Waals surface area (Å²) in [7, 11) is 0. The Balaban J connectivity index is 2.96. The van der Waals surface area contributed by atoms with Gasteiger partial charge in [-0.15, -0.1) is 13.2 Å². The van der Waals surface area contributed by atoms with Crippen LogP contribution in [0.1, 0.15) is 19.8 Å². The maximum atomic E-state index is 12.1. The number of aliphatic imine (C=N–C) groups is 1. The molecule has 0 fully saturated rings. The molecule has 0 unspecified atom stereocenters. The first-order chi connectivity index (χ1) is 7.92. The van der Waals surface area contributed by atoms with Crippen molar-refractivity contribution in [2.24, 2.45) is 10.7 Å². The lowest BCUT2D eigenvalue weighted by Crippen LogP contribution is -2.17. The van der Waals surface area contributed by atoms with E-state index < -0.39 is 6.36 Å². The molecule has 1 aromatic carbocycles. The van der Waals surface area contributed by atoms with Crippen molar-refractivity contribution in [3.05, 3.63) is 24.3 Å². The molecule has 1 aromatic rings. The molecule has 0 radical (unpaired) electrons. The lowest BCUT2D eigenvalue weighted by molar-refractivity contribution is -0.274. The average Bonchev–Trinajstić information content (AvgIpc) is 2.19. The van der Waals surface area contributed by atoms with E-state index in [1.54, 1.807) is 6.07 Å². The Morgan fingerprint density at radius 2 is 2.00 bits per heavy atom. The van der Waals surface area contributed by atoms with Gasteiger partial charge in [0, 0.05) is 6.42 Å². The third-order valence-corrected chi connectivity index (χ3v) is 1.86. The zero-order valence-electron chi connectivity index (χ0n) is 9.29. The van der Waals surface area contributed by atoms with Gasteiger partial charge in [0.1, 0.15) is 5.69 Å². The van der Waals surface area contributed by atoms with Crippen LogP contribution >= 0.6 is 0 Å². The second-order valence-corrected chi connectivity index (χ2v) is 3.37. The quantitative estimate of drug-likeness (QED) is 0.654. The van der Waals surface area contributed by atoms with E-state index in [1.165, 1.54) is 18.2 Å². The maximum absolute atomic E-state index is 12.1. The first kappa shape index (κ1) is 13.3. The number of benzene rings is 1. The molecule has 0 spiro atoms. The number of para-hydroxylation sites is 2. The van der Waals surface area contributed by atoms with Crippen molar-refractivity contribution in [2.75, 3.05) is 0 Å². The van der Waals surface area contributed by atoms with Gasteiger partial charge >= 0.3 is 6.36 Å². The summed E-state index contributed by atoms with van der Waals surface area (Å²) in [5.41, 5.74) is 5.64. The van der Waals surface area contributed by atoms with Gasteiger partial charge < -0.3 is 10.5 Å². The SMILES string of the molecule is CCCC(N)=Nc1ccccc1OC(F)(F)F. The van der Waals surface area contributed by atoms with Crippen LogP contribution in [0.4, 0.5) is 18.9 Å². The van der Waals surface area contributed by atoms with Crippen LogP contribution in [0.2, 0.25) is 0 Å². The summed E-state index contributed by atoms with van der Waals surface area (Å²) in [6, 6.07) is 5.63. The smallest absolute Gasteiger partial charge is 0.403 e. The van der Waals surface area contributed by atoms with Crippen molar-refractivity contribution in [2.45, 2.75) is 26.1 Å². The lowest BCUT2D eigenvalue weighted by atomic mass is 10.3. The Bertz CT molecular complexity index is 402. The number of nitrogens with zero attached hydrogens (tertiary/aromatic N) is 1. The fourth-order valence-electron chi connectivity index (χ4n) is 1.23. The van der Waals surface area contributed by atoms with Crippen LogP contribution in [0.5, 0.6) is 5.75 Å². The highest BCUT2D eigenvalue weighted by Gasteiger charge is 2.32. The first-order valence-electron chi connectivity index (χ1n) is 5.10. The summed E-state index contributed by atoms with van der Waals surface area (Å²) in [5, 5.41) is 0. The highest BCUT2D eigenvalue weighted by molar-refractivity contribution is 5.83. The van der Waals surface area contributed by atoms with Crippen LogP contribution in [0.25, 0.3) is 0 Å². The largest absolute Gasteiger partial charge is 0.573 e. The normalized spacial score (nSPS) is 12.6. The van der Waals surface area contributed by atoms with E-state index in [9.17, 15) is 13.2 Å². The van der Waals surface area contributed by atoms with Gasteiger partial charge in [-0.2, -0.15) is 0 Å². The molecule has 0 bridgehead atoms. The van der Waals surface area contributed by atoms with Crippen molar-refractivity contribution >= 4 is 11.5 Å². The van der Waals surface area contributed by atoms with E-state index in [-0.39, 0.29) is 17.3 Å². The minimum Gasteiger partial charge on any atom is -0.403 e. The van der Waals surface area contributed by atoms with Gasteiger partial charge in [0.2, 0.25) is 0 Å². The lowest BCUT2D eigenvalue weighted by Gasteiger charge is -2.11. The second-order valence-electron chi connectivity index (χ2n) is 3.37. The van der Waals surface area contributed by atoms with Crippen molar-refractivity contribution in [1.29, 1.82) is 0 Å². The Kier molecular flexibility index (Phi) is 4.37. The minimum atomic E-state index is -4.73. The standard InChI is InChI=1S/C11H13F3N2O/c1-2-5-10(15)16-8-6-3-4-7-9(8)17-11(12,13)14/h3-4,6-7H,2,5H2,1H3,(H2,15,16). The van der Waals surface area contributed by atoms with Crippen LogP contribution in [0, 0.1) is 0 Å². The van der Waals surface area contributed by atoms with Crippen LogP contribution in [0.15, 0.2) is 29.3 Å². The Hall–Kier alpha value is -1.72. The van der Waals surface area contributed by atoms with Crippen molar-refractivity contribution < 1.29 is 17.9 Å². The second kappa shape index (κ2) is 5.56. The van der Waals surface area contributed by atoms with E-state index in [1.807, 2.05) is 6.92 Å². The van der Waals surface area contributed by atoms with E-state index in [2.05, 4.69) is 9.73 Å². The van der Waals surface area contributed by atoms with Crippen LogP contribution in [-0.2, 0) is 0 Å². The molecule has 6 heteroatoms. The molecule has 1 rings (SSSR count). The summed E-state index contributed by atoms with van der Waals surface area (Å²) in [6.45, 7) is 1.90. The van der Waals surface area contributed by atoms with E-state index >= 15 is 0 Å². The summed E-state index contributed by atoms with van der Waals surface area (Å²) in [5.74, 6) is -0.0650. The molecule has 0 aliphatic carbocycles. The maximum Gasteiger partial charge on any atom is 0.573 e. The number of hydrogen-bond acceptors (Lipinski definition) is 2. The van der Waals surface area contributed by atoms with Gasteiger partial charge in [-0.05, 0) is 18.6 Å². The van der Waals surface area contributed by atoms with Crippen molar-refractivity contribution in [3.8, 4) is 5.75 Å². The molecule has 17 heavy (non-hydrogen) atoms. The third-order valence-electron chi connectivity index (χ3n) is 1.86. The molecule has 0 atom stereocenters. The molecule has 0 aliphatic heterocycles. The van der Waals surface area contributed by atoms with Gasteiger partial charge in [0.25, 0.3) is 0 Å². The number of nitrogens with two attached hydrogens (primary N) is 1. The molecule has 0 amide bonds. The van der Waals surface area contributed by atoms with Crippen molar-refractivity contribution in [3.63, 3.8) is 0 Å². The highest BCUT2D eigenvalue weighted by Crippen LogP contribution is 2.31. The van der Waals surface area contributed by atoms with Gasteiger partial charge in [-0.1, -0.05) is 19.1 Å². The Morgan fingerprint density at radius 1 is 1.35 bits per heavy atom. The number of rotatable bonds is 4. The predicted molar refractivity (Wildman–Crippen MR) is 59.3 cm³/mol. The number of amidine groups is 1. The number of hydrogen-bond donors (Lipinski definition) is 1. The molecule has 0 saturated heterocycles. The number of halogens is 3. The number of ether oxygens (including phenoxy) is 1. The predicted octanol–water partition coefficient (Wildman–Crippen LogP) is 3.37. The van der Waals surface area contributed by atoms with Gasteiger partial charge in [-0.25, -0.2) is 4.99 Å². The number of alkyl halides is 3. The summed E-state index contributed by atoms with van der Waals surface area (Å²) < 4.78 is 40.2. The zero-order valence-corrected chi connectivity index (χ0v) is 9.29. The van der Waals surface area contributed by atoms with E-state index in [4.69, 9.17) is 5.73 Å². The molecular weight excluding hydrogens is 233 g/mol. The molecule has 0 saturated carbocycles. The highest BCUT2D eigenvalue weighted by atomic mass is 19.4. The summed E-state index contributed by atoms with van der Waals surface area (Å²) >= 11 is 0. The molecule has 0 heterocycles. The zero-order chi connectivity index (χ0) is 12.9. The Morgan fingerprint density at radius 3 is 2.59 bits per heavy atom. The molecule has 94 valence electrons. The van der Waals surface area contributed by atoms with Crippen LogP contribution < -0.4 is 10.5 Å². The van der Waals surface area contributed by atoms with E-state index in [0.29, 0.717) is 6.42 Å². The average molecular weight is 246 g/mol. The van der Waals surface area contributed by atoms with Crippen molar-refractivity contribution in [1.82, 2.24) is 0 Å². The first-order valence-corrected chi connectivity index (χ1v) is 5.10. The molecule has 0 aromatic heterocycles. The van der Waals surface area contributed by atoms with Gasteiger partial charge in [0.15, 0.2) is 5.75 Å². The van der Waals surface area contributed by atoms with E-state index in [0.717, 1.165) is 6.42 Å². The van der Waals surface area contributed by atoms with Crippen LogP contribution in [-0.4, -0.2) is 12.2 Å². The molecular formula is C11H13F3N2O. The fourth-order valence-corrected chi connectivity index (χ4v) is 1.23. The van der Waals surface area contributed by atoms with Crippen LogP contribution in [0.3, 0.4) is 0 Å².